The molecule has 0 bridgehead atoms. The SMILES string of the molecule is NC(c1ccc(C(F)(F)F)cc1)c1noc(=O)[nH]1. The van der Waals surface area contributed by atoms with Gasteiger partial charge in [-0.1, -0.05) is 17.3 Å². The standard InChI is InChI=1S/C10H8F3N3O2/c11-10(12,13)6-3-1-5(2-4-6)7(14)8-15-9(17)18-16-8/h1-4,7H,14H2,(H,15,16,17). The summed E-state index contributed by atoms with van der Waals surface area (Å²) in [4.78, 5) is 13.0. The van der Waals surface area contributed by atoms with Crippen molar-refractivity contribution in [3.05, 3.63) is 51.8 Å². The van der Waals surface area contributed by atoms with Gasteiger partial charge in [0.25, 0.3) is 0 Å². The first-order valence-electron chi connectivity index (χ1n) is 4.86. The lowest BCUT2D eigenvalue weighted by Crippen LogP contribution is -2.15. The normalized spacial score (nSPS) is 13.6. The van der Waals surface area contributed by atoms with Crippen molar-refractivity contribution >= 4 is 0 Å². The van der Waals surface area contributed by atoms with Crippen molar-refractivity contribution in [2.75, 3.05) is 0 Å². The summed E-state index contributed by atoms with van der Waals surface area (Å²) in [6.45, 7) is 0. The molecular weight excluding hydrogens is 251 g/mol. The first-order chi connectivity index (χ1) is 8.38. The van der Waals surface area contributed by atoms with Gasteiger partial charge < -0.3 is 5.73 Å². The highest BCUT2D eigenvalue weighted by Crippen LogP contribution is 2.30. The molecule has 2 aromatic rings. The smallest absolute Gasteiger partial charge is 0.318 e. The number of hydrogen-bond donors (Lipinski definition) is 2. The van der Waals surface area contributed by atoms with E-state index in [1.54, 1.807) is 0 Å². The molecule has 0 radical (unpaired) electrons. The van der Waals surface area contributed by atoms with Gasteiger partial charge >= 0.3 is 11.9 Å². The van der Waals surface area contributed by atoms with Crippen LogP contribution in [-0.2, 0) is 6.18 Å². The molecule has 1 aromatic carbocycles. The molecule has 0 saturated carbocycles. The molecule has 1 unspecified atom stereocenters. The maximum absolute atomic E-state index is 12.3. The molecule has 0 fully saturated rings. The number of H-pyrrole nitrogens is 1. The summed E-state index contributed by atoms with van der Waals surface area (Å²) in [5, 5.41) is 3.37. The number of nitrogens with two attached hydrogens (primary N) is 1. The van der Waals surface area contributed by atoms with Gasteiger partial charge in [-0.2, -0.15) is 13.2 Å². The van der Waals surface area contributed by atoms with Crippen LogP contribution in [-0.4, -0.2) is 10.1 Å². The Morgan fingerprint density at radius 2 is 1.89 bits per heavy atom. The van der Waals surface area contributed by atoms with Crippen molar-refractivity contribution in [3.63, 3.8) is 0 Å². The van der Waals surface area contributed by atoms with Crippen LogP contribution < -0.4 is 11.5 Å². The summed E-state index contributed by atoms with van der Waals surface area (Å²) in [5.41, 5.74) is 5.33. The average molecular weight is 259 g/mol. The minimum atomic E-state index is -4.40. The Kier molecular flexibility index (Phi) is 2.95. The number of rotatable bonds is 2. The highest BCUT2D eigenvalue weighted by molar-refractivity contribution is 5.29. The molecule has 8 heteroatoms. The van der Waals surface area contributed by atoms with Crippen LogP contribution in [0.4, 0.5) is 13.2 Å². The number of benzene rings is 1. The van der Waals surface area contributed by atoms with Gasteiger partial charge in [0.2, 0.25) is 0 Å². The minimum absolute atomic E-state index is 0.0553. The highest BCUT2D eigenvalue weighted by atomic mass is 19.4. The molecule has 1 heterocycles. The second-order valence-corrected chi connectivity index (χ2v) is 3.58. The van der Waals surface area contributed by atoms with Gasteiger partial charge in [0.1, 0.15) is 0 Å². The van der Waals surface area contributed by atoms with E-state index < -0.39 is 23.5 Å². The number of aromatic nitrogens is 2. The third-order valence-electron chi connectivity index (χ3n) is 2.35. The highest BCUT2D eigenvalue weighted by Gasteiger charge is 2.30. The van der Waals surface area contributed by atoms with Crippen LogP contribution in [0.15, 0.2) is 33.6 Å². The van der Waals surface area contributed by atoms with Crippen LogP contribution in [0.3, 0.4) is 0 Å². The van der Waals surface area contributed by atoms with Crippen LogP contribution in [0, 0.1) is 0 Å². The number of hydrogen-bond acceptors (Lipinski definition) is 4. The molecule has 0 spiro atoms. The summed E-state index contributed by atoms with van der Waals surface area (Å²) in [5.74, 6) is -0.716. The van der Waals surface area contributed by atoms with Crippen LogP contribution in [0.1, 0.15) is 23.0 Å². The van der Waals surface area contributed by atoms with Gasteiger partial charge in [-0.25, -0.2) is 4.79 Å². The average Bonchev–Trinajstić information content (AvgIpc) is 2.74. The zero-order chi connectivity index (χ0) is 13.3. The quantitative estimate of drug-likeness (QED) is 0.854. The number of aromatic amines is 1. The minimum Gasteiger partial charge on any atom is -0.318 e. The molecule has 96 valence electrons. The van der Waals surface area contributed by atoms with Gasteiger partial charge in [0.05, 0.1) is 11.6 Å². The van der Waals surface area contributed by atoms with Gasteiger partial charge in [0.15, 0.2) is 5.82 Å². The summed E-state index contributed by atoms with van der Waals surface area (Å²) < 4.78 is 41.3. The Bertz CT molecular complexity index is 585. The van der Waals surface area contributed by atoms with Crippen molar-refractivity contribution in [3.8, 4) is 0 Å². The number of alkyl halides is 3. The predicted molar refractivity (Wildman–Crippen MR) is 54.6 cm³/mol. The molecule has 5 nitrogen and oxygen atoms in total. The number of nitrogens with zero attached hydrogens (tertiary/aromatic N) is 1. The fraction of sp³-hybridized carbons (Fsp3) is 0.200. The zero-order valence-corrected chi connectivity index (χ0v) is 8.86. The van der Waals surface area contributed by atoms with Gasteiger partial charge in [-0.15, -0.1) is 0 Å². The maximum atomic E-state index is 12.3. The first-order valence-corrected chi connectivity index (χ1v) is 4.86. The van der Waals surface area contributed by atoms with Gasteiger partial charge in [-0.05, 0) is 17.7 Å². The third kappa shape index (κ3) is 2.43. The molecule has 0 amide bonds. The van der Waals surface area contributed by atoms with Gasteiger partial charge in [-0.3, -0.25) is 9.51 Å². The van der Waals surface area contributed by atoms with Crippen LogP contribution >= 0.6 is 0 Å². The lowest BCUT2D eigenvalue weighted by Gasteiger charge is -2.10. The van der Waals surface area contributed by atoms with Crippen LogP contribution in [0.2, 0.25) is 0 Å². The maximum Gasteiger partial charge on any atom is 0.438 e. The van der Waals surface area contributed by atoms with E-state index in [0.717, 1.165) is 12.1 Å². The number of nitrogens with one attached hydrogen (secondary N) is 1. The van der Waals surface area contributed by atoms with Crippen molar-refractivity contribution in [1.29, 1.82) is 0 Å². The predicted octanol–water partition coefficient (Wildman–Crippen LogP) is 1.43. The number of halogens is 3. The summed E-state index contributed by atoms with van der Waals surface area (Å²) >= 11 is 0. The molecule has 0 aliphatic rings. The Morgan fingerprint density at radius 3 is 2.33 bits per heavy atom. The molecular formula is C10H8F3N3O2. The monoisotopic (exact) mass is 259 g/mol. The van der Waals surface area contributed by atoms with Crippen molar-refractivity contribution in [1.82, 2.24) is 10.1 Å². The molecule has 3 N–H and O–H groups in total. The van der Waals surface area contributed by atoms with E-state index in [2.05, 4.69) is 14.7 Å². The summed E-state index contributed by atoms with van der Waals surface area (Å²) in [6, 6.07) is 3.42. The molecule has 2 rings (SSSR count). The summed E-state index contributed by atoms with van der Waals surface area (Å²) in [6.07, 6.45) is -4.40. The van der Waals surface area contributed by atoms with E-state index >= 15 is 0 Å². The van der Waals surface area contributed by atoms with E-state index in [9.17, 15) is 18.0 Å². The van der Waals surface area contributed by atoms with Crippen molar-refractivity contribution in [2.24, 2.45) is 5.73 Å². The second-order valence-electron chi connectivity index (χ2n) is 3.58. The van der Waals surface area contributed by atoms with E-state index in [4.69, 9.17) is 5.73 Å². The topological polar surface area (TPSA) is 84.9 Å². The summed E-state index contributed by atoms with van der Waals surface area (Å²) in [7, 11) is 0. The largest absolute Gasteiger partial charge is 0.438 e. The molecule has 1 atom stereocenters. The fourth-order valence-electron chi connectivity index (χ4n) is 1.41. The van der Waals surface area contributed by atoms with Crippen molar-refractivity contribution in [2.45, 2.75) is 12.2 Å². The third-order valence-corrected chi connectivity index (χ3v) is 2.35. The van der Waals surface area contributed by atoms with E-state index in [1.165, 1.54) is 12.1 Å². The fourth-order valence-corrected chi connectivity index (χ4v) is 1.41. The van der Waals surface area contributed by atoms with Gasteiger partial charge in [0, 0.05) is 0 Å². The van der Waals surface area contributed by atoms with Crippen LogP contribution in [0.5, 0.6) is 0 Å². The molecule has 18 heavy (non-hydrogen) atoms. The van der Waals surface area contributed by atoms with Crippen molar-refractivity contribution < 1.29 is 17.7 Å². The lowest BCUT2D eigenvalue weighted by atomic mass is 10.0. The first kappa shape index (κ1) is 12.4. The molecule has 0 saturated heterocycles. The Labute approximate surface area is 98.4 Å². The van der Waals surface area contributed by atoms with E-state index in [0.29, 0.717) is 5.56 Å². The zero-order valence-electron chi connectivity index (χ0n) is 8.86. The Balaban J connectivity index is 2.27. The van der Waals surface area contributed by atoms with E-state index in [-0.39, 0.29) is 5.82 Å². The Morgan fingerprint density at radius 1 is 1.28 bits per heavy atom. The second kappa shape index (κ2) is 4.30. The van der Waals surface area contributed by atoms with Crippen LogP contribution in [0.25, 0.3) is 0 Å². The lowest BCUT2D eigenvalue weighted by molar-refractivity contribution is -0.137. The Hall–Kier alpha value is -2.09. The molecule has 0 aliphatic heterocycles. The van der Waals surface area contributed by atoms with E-state index in [1.807, 2.05) is 0 Å². The molecule has 1 aromatic heterocycles. The molecule has 0 aliphatic carbocycles.